The number of fused-ring (bicyclic) bond motifs is 2. The van der Waals surface area contributed by atoms with Crippen LogP contribution in [0.4, 0.5) is 17.6 Å². The Morgan fingerprint density at radius 3 is 2.41 bits per heavy atom. The van der Waals surface area contributed by atoms with E-state index in [-0.39, 0.29) is 37.2 Å². The SMILES string of the molecule is C=C(CN(c1nc(NCc2ccc(-c3ccccn3)cc2)c2ccn(C(C)C)c2n1)C(CC)CO)C(=O)N1CCCC(n2nc(-c3ccc(Oc4ccccc4)cc3)c3c(N)ncnc32)C1. The number of aliphatic hydroxyl groups is 1. The molecule has 2 atom stereocenters. The fourth-order valence-corrected chi connectivity index (χ4v) is 8.62. The van der Waals surface area contributed by atoms with E-state index in [1.54, 1.807) is 6.20 Å². The first kappa shape index (κ1) is 43.6. The maximum absolute atomic E-state index is 14.5. The summed E-state index contributed by atoms with van der Waals surface area (Å²) in [6.45, 7) is 12.0. The van der Waals surface area contributed by atoms with Crippen LogP contribution in [-0.4, -0.2) is 87.5 Å². The summed E-state index contributed by atoms with van der Waals surface area (Å²) < 4.78 is 10.0. The molecule has 15 nitrogen and oxygen atoms in total. The third-order valence-corrected chi connectivity index (χ3v) is 12.2. The van der Waals surface area contributed by atoms with E-state index in [0.717, 1.165) is 52.0 Å². The van der Waals surface area contributed by atoms with Crippen molar-refractivity contribution >= 4 is 45.6 Å². The number of carbonyl (C=O) groups is 1. The number of rotatable bonds is 16. The van der Waals surface area contributed by atoms with Crippen molar-refractivity contribution in [2.75, 3.05) is 42.2 Å². The lowest BCUT2D eigenvalue weighted by atomic mass is 10.0. The molecule has 6 heterocycles. The maximum Gasteiger partial charge on any atom is 0.251 e. The summed E-state index contributed by atoms with van der Waals surface area (Å²) in [7, 11) is 0. The Morgan fingerprint density at radius 2 is 1.68 bits per heavy atom. The largest absolute Gasteiger partial charge is 0.457 e. The average molecular weight is 883 g/mol. The number of anilines is 3. The van der Waals surface area contributed by atoms with Gasteiger partial charge in [0.05, 0.1) is 41.7 Å². The number of ether oxygens (including phenoxy) is 1. The van der Waals surface area contributed by atoms with Gasteiger partial charge in [-0.3, -0.25) is 9.78 Å². The Morgan fingerprint density at radius 1 is 0.924 bits per heavy atom. The molecule has 4 N–H and O–H groups in total. The van der Waals surface area contributed by atoms with Gasteiger partial charge in [0.1, 0.15) is 40.8 Å². The van der Waals surface area contributed by atoms with E-state index in [9.17, 15) is 9.90 Å². The minimum absolute atomic E-state index is 0.115. The number of hydrogen-bond donors (Lipinski definition) is 3. The minimum atomic E-state index is -0.381. The van der Waals surface area contributed by atoms with E-state index < -0.39 is 0 Å². The number of benzene rings is 3. The number of para-hydroxylation sites is 1. The van der Waals surface area contributed by atoms with Gasteiger partial charge >= 0.3 is 0 Å². The number of carbonyl (C=O) groups excluding carboxylic acids is 1. The zero-order chi connectivity index (χ0) is 45.7. The van der Waals surface area contributed by atoms with Crippen LogP contribution in [0.3, 0.4) is 0 Å². The fourth-order valence-electron chi connectivity index (χ4n) is 8.62. The highest BCUT2D eigenvalue weighted by Gasteiger charge is 2.32. The summed E-state index contributed by atoms with van der Waals surface area (Å²) in [5, 5.41) is 20.9. The second-order valence-electron chi connectivity index (χ2n) is 16.9. The van der Waals surface area contributed by atoms with Crippen LogP contribution in [0.1, 0.15) is 57.7 Å². The summed E-state index contributed by atoms with van der Waals surface area (Å²) in [5.74, 6) is 2.63. The van der Waals surface area contributed by atoms with Crippen LogP contribution in [0, 0.1) is 0 Å². The first-order valence-corrected chi connectivity index (χ1v) is 22.5. The molecule has 1 aliphatic heterocycles. The zero-order valence-electron chi connectivity index (χ0n) is 37.5. The first-order valence-electron chi connectivity index (χ1n) is 22.5. The molecule has 0 aliphatic carbocycles. The van der Waals surface area contributed by atoms with Gasteiger partial charge in [-0.15, -0.1) is 0 Å². The topological polar surface area (TPSA) is 178 Å². The van der Waals surface area contributed by atoms with Crippen LogP contribution < -0.4 is 20.7 Å². The van der Waals surface area contributed by atoms with E-state index in [1.165, 1.54) is 6.33 Å². The zero-order valence-corrected chi connectivity index (χ0v) is 37.5. The molecule has 0 saturated carbocycles. The molecule has 1 saturated heterocycles. The normalized spacial score (nSPS) is 14.4. The van der Waals surface area contributed by atoms with Gasteiger partial charge in [0, 0.05) is 54.8 Å². The number of nitrogens with two attached hydrogens (primary N) is 1. The Labute approximate surface area is 383 Å². The van der Waals surface area contributed by atoms with Gasteiger partial charge < -0.3 is 35.3 Å². The predicted molar refractivity (Wildman–Crippen MR) is 259 cm³/mol. The van der Waals surface area contributed by atoms with E-state index in [0.29, 0.717) is 71.7 Å². The quantitative estimate of drug-likeness (QED) is 0.0787. The van der Waals surface area contributed by atoms with Crippen LogP contribution >= 0.6 is 0 Å². The van der Waals surface area contributed by atoms with Crippen LogP contribution in [0.25, 0.3) is 44.6 Å². The summed E-state index contributed by atoms with van der Waals surface area (Å²) in [6.07, 6.45) is 7.38. The second-order valence-corrected chi connectivity index (χ2v) is 16.9. The van der Waals surface area contributed by atoms with Gasteiger partial charge in [0.2, 0.25) is 5.95 Å². The van der Waals surface area contributed by atoms with Crippen molar-refractivity contribution in [1.29, 1.82) is 0 Å². The molecule has 1 fully saturated rings. The highest BCUT2D eigenvalue weighted by Crippen LogP contribution is 2.36. The molecule has 0 spiro atoms. The molecule has 1 amide bonds. The van der Waals surface area contributed by atoms with Crippen molar-refractivity contribution in [3.05, 3.63) is 140 Å². The molecule has 0 bridgehead atoms. The van der Waals surface area contributed by atoms with Gasteiger partial charge in [0.15, 0.2) is 5.65 Å². The van der Waals surface area contributed by atoms with Crippen LogP contribution in [0.15, 0.2) is 134 Å². The number of hydrogen-bond acceptors (Lipinski definition) is 12. The molecule has 336 valence electrons. The summed E-state index contributed by atoms with van der Waals surface area (Å²) >= 11 is 0. The Kier molecular flexibility index (Phi) is 12.7. The molecule has 9 rings (SSSR count). The molecule has 1 aliphatic rings. The van der Waals surface area contributed by atoms with Gasteiger partial charge in [-0.2, -0.15) is 15.1 Å². The average Bonchev–Trinajstić information content (AvgIpc) is 3.98. The van der Waals surface area contributed by atoms with Crippen molar-refractivity contribution in [2.24, 2.45) is 0 Å². The minimum Gasteiger partial charge on any atom is -0.457 e. The highest BCUT2D eigenvalue weighted by atomic mass is 16.5. The second kappa shape index (κ2) is 19.2. The standard InChI is InChI=1S/C51H54N12O3/c1-5-38(31-64)62(51-57-47(42-24-27-61(33(2)3)48(42)58-51)54-28-35-16-18-36(19-17-35)43-15-9-10-25-53-43)29-34(4)50(65)60-26-11-12-39(30-60)63-49-44(46(52)55-32-56-49)45(59-63)37-20-22-41(23-21-37)66-40-13-7-6-8-14-40/h6-10,13-25,27,32-33,38-39,64H,4-5,11-12,26,28-31H2,1-3H3,(H2,52,55,56)(H,54,57,58). The third kappa shape index (κ3) is 9.02. The van der Waals surface area contributed by atoms with E-state index in [1.807, 2.05) is 106 Å². The Balaban J connectivity index is 0.953. The fraction of sp³-hybridized carbons (Fsp3) is 0.275. The number of nitrogen functional groups attached to an aromatic ring is 1. The number of likely N-dealkylation sites (tertiary alicyclic amines) is 1. The number of nitrogens with one attached hydrogen (secondary N) is 1. The van der Waals surface area contributed by atoms with Crippen LogP contribution in [-0.2, 0) is 11.3 Å². The molecule has 2 unspecified atom stereocenters. The number of nitrogens with zero attached hydrogens (tertiary/aromatic N) is 10. The summed E-state index contributed by atoms with van der Waals surface area (Å²) in [4.78, 5) is 41.9. The Bertz CT molecular complexity index is 2950. The van der Waals surface area contributed by atoms with E-state index in [2.05, 4.69) is 69.5 Å². The number of piperidine rings is 1. The lowest BCUT2D eigenvalue weighted by Gasteiger charge is -2.35. The van der Waals surface area contributed by atoms with Gasteiger partial charge in [-0.05, 0) is 93.3 Å². The van der Waals surface area contributed by atoms with Gasteiger partial charge in [-0.1, -0.05) is 62.0 Å². The van der Waals surface area contributed by atoms with E-state index >= 15 is 0 Å². The van der Waals surface area contributed by atoms with Crippen molar-refractivity contribution in [2.45, 2.75) is 64.7 Å². The van der Waals surface area contributed by atoms with Crippen molar-refractivity contribution in [1.82, 2.24) is 44.2 Å². The number of aromatic nitrogens is 8. The summed E-state index contributed by atoms with van der Waals surface area (Å²) in [5.41, 5.74) is 12.7. The molecule has 8 aromatic rings. The monoisotopic (exact) mass is 882 g/mol. The summed E-state index contributed by atoms with van der Waals surface area (Å²) in [6, 6.07) is 33.1. The lowest BCUT2D eigenvalue weighted by Crippen LogP contribution is -2.45. The third-order valence-electron chi connectivity index (χ3n) is 12.2. The highest BCUT2D eigenvalue weighted by molar-refractivity contribution is 5.98. The van der Waals surface area contributed by atoms with Crippen LogP contribution in [0.2, 0.25) is 0 Å². The van der Waals surface area contributed by atoms with Crippen LogP contribution in [0.5, 0.6) is 11.5 Å². The molecular weight excluding hydrogens is 829 g/mol. The van der Waals surface area contributed by atoms with Crippen molar-refractivity contribution < 1.29 is 14.6 Å². The van der Waals surface area contributed by atoms with Crippen molar-refractivity contribution in [3.8, 4) is 34.0 Å². The molecule has 5 aromatic heterocycles. The predicted octanol–water partition coefficient (Wildman–Crippen LogP) is 8.86. The Hall–Kier alpha value is -7.65. The molecule has 15 heteroatoms. The number of pyridine rings is 1. The number of aliphatic hydroxyl groups excluding tert-OH is 1. The molecular formula is C51H54N12O3. The van der Waals surface area contributed by atoms with Crippen molar-refractivity contribution in [3.63, 3.8) is 0 Å². The maximum atomic E-state index is 14.5. The first-order chi connectivity index (χ1) is 32.2. The van der Waals surface area contributed by atoms with Gasteiger partial charge in [-0.25, -0.2) is 14.6 Å². The molecule has 3 aromatic carbocycles. The van der Waals surface area contributed by atoms with E-state index in [4.69, 9.17) is 25.5 Å². The smallest absolute Gasteiger partial charge is 0.251 e. The molecule has 0 radical (unpaired) electrons. The number of amides is 1. The van der Waals surface area contributed by atoms with Gasteiger partial charge in [0.25, 0.3) is 5.91 Å². The lowest BCUT2D eigenvalue weighted by molar-refractivity contribution is -0.128. The molecule has 66 heavy (non-hydrogen) atoms.